The Hall–Kier alpha value is -1.40. The summed E-state index contributed by atoms with van der Waals surface area (Å²) in [6.45, 7) is 4.41. The zero-order chi connectivity index (χ0) is 13.2. The topological polar surface area (TPSA) is 50.6 Å². The Morgan fingerprint density at radius 1 is 1.37 bits per heavy atom. The highest BCUT2D eigenvalue weighted by molar-refractivity contribution is 5.76. The van der Waals surface area contributed by atoms with Crippen molar-refractivity contribution in [3.8, 4) is 0 Å². The SMILES string of the molecule is CN1C[C@@H]2COC[C@H](C1)N(C(=O)Cn1cccn1)C2. The predicted molar refractivity (Wildman–Crippen MR) is 69.5 cm³/mol. The monoisotopic (exact) mass is 264 g/mol. The summed E-state index contributed by atoms with van der Waals surface area (Å²) in [5.41, 5.74) is 0. The molecule has 3 heterocycles. The molecule has 0 unspecified atom stereocenters. The van der Waals surface area contributed by atoms with Crippen LogP contribution in [0.4, 0.5) is 0 Å². The molecule has 104 valence electrons. The van der Waals surface area contributed by atoms with Crippen molar-refractivity contribution in [2.24, 2.45) is 5.92 Å². The molecule has 0 spiro atoms. The van der Waals surface area contributed by atoms with Crippen molar-refractivity contribution in [1.29, 1.82) is 0 Å². The Morgan fingerprint density at radius 3 is 3.05 bits per heavy atom. The van der Waals surface area contributed by atoms with Crippen molar-refractivity contribution in [2.45, 2.75) is 12.6 Å². The van der Waals surface area contributed by atoms with Crippen molar-refractivity contribution < 1.29 is 9.53 Å². The van der Waals surface area contributed by atoms with Gasteiger partial charge in [0.2, 0.25) is 5.91 Å². The Labute approximate surface area is 112 Å². The number of hydrogen-bond acceptors (Lipinski definition) is 4. The number of rotatable bonds is 2. The molecule has 0 radical (unpaired) electrons. The van der Waals surface area contributed by atoms with Crippen molar-refractivity contribution in [1.82, 2.24) is 19.6 Å². The van der Waals surface area contributed by atoms with Crippen molar-refractivity contribution >= 4 is 5.91 Å². The van der Waals surface area contributed by atoms with Crippen LogP contribution in [0, 0.1) is 5.92 Å². The number of hydrogen-bond donors (Lipinski definition) is 0. The molecule has 1 amide bonds. The van der Waals surface area contributed by atoms with Crippen LogP contribution in [-0.2, 0) is 16.1 Å². The molecule has 0 saturated carbocycles. The van der Waals surface area contributed by atoms with Crippen LogP contribution in [-0.4, -0.2) is 71.4 Å². The summed E-state index contributed by atoms with van der Waals surface area (Å²) < 4.78 is 7.36. The number of carbonyl (C=O) groups excluding carboxylic acids is 1. The first-order chi connectivity index (χ1) is 9.22. The molecule has 2 fully saturated rings. The summed E-state index contributed by atoms with van der Waals surface area (Å²) >= 11 is 0. The lowest BCUT2D eigenvalue weighted by Crippen LogP contribution is -2.47. The van der Waals surface area contributed by atoms with Gasteiger partial charge in [0, 0.05) is 37.9 Å². The number of carbonyl (C=O) groups is 1. The van der Waals surface area contributed by atoms with Gasteiger partial charge in [-0.15, -0.1) is 0 Å². The van der Waals surface area contributed by atoms with Crippen LogP contribution in [0.3, 0.4) is 0 Å². The van der Waals surface area contributed by atoms with E-state index in [0.29, 0.717) is 19.1 Å². The van der Waals surface area contributed by atoms with Crippen LogP contribution in [0.2, 0.25) is 0 Å². The van der Waals surface area contributed by atoms with E-state index in [2.05, 4.69) is 17.0 Å². The second-order valence-corrected chi connectivity index (χ2v) is 5.53. The van der Waals surface area contributed by atoms with Crippen LogP contribution in [0.5, 0.6) is 0 Å². The van der Waals surface area contributed by atoms with Crippen molar-refractivity contribution in [3.63, 3.8) is 0 Å². The van der Waals surface area contributed by atoms with E-state index in [1.165, 1.54) is 0 Å². The van der Waals surface area contributed by atoms with Crippen LogP contribution in [0.15, 0.2) is 18.5 Å². The van der Waals surface area contributed by atoms with E-state index in [1.807, 2.05) is 17.2 Å². The molecule has 6 nitrogen and oxygen atoms in total. The molecule has 6 heteroatoms. The zero-order valence-electron chi connectivity index (χ0n) is 11.2. The van der Waals surface area contributed by atoms with E-state index in [1.54, 1.807) is 10.9 Å². The Bertz CT molecular complexity index is 434. The molecule has 2 aliphatic heterocycles. The second-order valence-electron chi connectivity index (χ2n) is 5.53. The Morgan fingerprint density at radius 2 is 2.26 bits per heavy atom. The summed E-state index contributed by atoms with van der Waals surface area (Å²) in [5, 5.41) is 4.10. The molecular formula is C13H20N4O2. The fourth-order valence-corrected chi connectivity index (χ4v) is 3.01. The molecule has 1 aromatic rings. The summed E-state index contributed by atoms with van der Waals surface area (Å²) in [6, 6.07) is 2.01. The minimum Gasteiger partial charge on any atom is -0.379 e. The fraction of sp³-hybridized carbons (Fsp3) is 0.692. The molecule has 2 bridgehead atoms. The van der Waals surface area contributed by atoms with Gasteiger partial charge in [-0.25, -0.2) is 0 Å². The van der Waals surface area contributed by atoms with Gasteiger partial charge >= 0.3 is 0 Å². The van der Waals surface area contributed by atoms with E-state index in [0.717, 1.165) is 26.2 Å². The average molecular weight is 264 g/mol. The minimum atomic E-state index is 0.138. The maximum absolute atomic E-state index is 12.5. The van der Waals surface area contributed by atoms with Gasteiger partial charge in [0.05, 0.1) is 19.3 Å². The van der Waals surface area contributed by atoms with Gasteiger partial charge in [0.25, 0.3) is 0 Å². The molecule has 1 aromatic heterocycles. The van der Waals surface area contributed by atoms with E-state index in [4.69, 9.17) is 4.74 Å². The molecule has 19 heavy (non-hydrogen) atoms. The highest BCUT2D eigenvalue weighted by atomic mass is 16.5. The lowest BCUT2D eigenvalue weighted by molar-refractivity contribution is -0.134. The van der Waals surface area contributed by atoms with Crippen LogP contribution < -0.4 is 0 Å². The summed E-state index contributed by atoms with van der Waals surface area (Å²) in [6.07, 6.45) is 3.52. The third-order valence-corrected chi connectivity index (χ3v) is 3.83. The minimum absolute atomic E-state index is 0.138. The highest BCUT2D eigenvalue weighted by Gasteiger charge is 2.34. The summed E-state index contributed by atoms with van der Waals surface area (Å²) in [4.78, 5) is 16.8. The van der Waals surface area contributed by atoms with Crippen molar-refractivity contribution in [2.75, 3.05) is 39.9 Å². The second kappa shape index (κ2) is 5.30. The van der Waals surface area contributed by atoms with Gasteiger partial charge in [-0.2, -0.15) is 5.10 Å². The van der Waals surface area contributed by atoms with Crippen LogP contribution in [0.1, 0.15) is 0 Å². The fourth-order valence-electron chi connectivity index (χ4n) is 3.01. The molecule has 3 rings (SSSR count). The Balaban J connectivity index is 1.73. The molecule has 0 aromatic carbocycles. The summed E-state index contributed by atoms with van der Waals surface area (Å²) in [7, 11) is 2.12. The molecule has 2 atom stereocenters. The predicted octanol–water partition coefficient (Wildman–Crippen LogP) is -0.328. The first kappa shape index (κ1) is 12.6. The van der Waals surface area contributed by atoms with Gasteiger partial charge in [-0.3, -0.25) is 9.48 Å². The molecule has 2 aliphatic rings. The smallest absolute Gasteiger partial charge is 0.244 e. The lowest BCUT2D eigenvalue weighted by atomic mass is 10.1. The van der Waals surface area contributed by atoms with E-state index in [9.17, 15) is 4.79 Å². The molecule has 2 saturated heterocycles. The zero-order valence-corrected chi connectivity index (χ0v) is 11.2. The molecule has 0 aliphatic carbocycles. The maximum Gasteiger partial charge on any atom is 0.244 e. The first-order valence-corrected chi connectivity index (χ1v) is 6.75. The van der Waals surface area contributed by atoms with Gasteiger partial charge < -0.3 is 14.5 Å². The molecular weight excluding hydrogens is 244 g/mol. The van der Waals surface area contributed by atoms with Gasteiger partial charge in [-0.05, 0) is 13.1 Å². The van der Waals surface area contributed by atoms with Crippen LogP contribution in [0.25, 0.3) is 0 Å². The number of aromatic nitrogens is 2. The van der Waals surface area contributed by atoms with Crippen molar-refractivity contribution in [3.05, 3.63) is 18.5 Å². The number of likely N-dealkylation sites (N-methyl/N-ethyl adjacent to an activating group) is 1. The van der Waals surface area contributed by atoms with E-state index < -0.39 is 0 Å². The standard InChI is InChI=1S/C13H20N4O2/c1-15-5-11-6-17(12(7-15)10-19-9-11)13(18)8-16-4-2-3-14-16/h2-4,11-12H,5-10H2,1H3/t11-,12-/m0/s1. The number of fused-ring (bicyclic) bond motifs is 3. The lowest BCUT2D eigenvalue weighted by Gasteiger charge is -2.29. The highest BCUT2D eigenvalue weighted by Crippen LogP contribution is 2.19. The van der Waals surface area contributed by atoms with Gasteiger partial charge in [0.1, 0.15) is 6.54 Å². The van der Waals surface area contributed by atoms with Gasteiger partial charge in [0.15, 0.2) is 0 Å². The average Bonchev–Trinajstić information content (AvgIpc) is 2.70. The van der Waals surface area contributed by atoms with E-state index >= 15 is 0 Å². The quantitative estimate of drug-likeness (QED) is 0.734. The largest absolute Gasteiger partial charge is 0.379 e. The number of amides is 1. The third kappa shape index (κ3) is 2.79. The summed E-state index contributed by atoms with van der Waals surface area (Å²) in [5.74, 6) is 0.554. The van der Waals surface area contributed by atoms with Crippen LogP contribution >= 0.6 is 0 Å². The first-order valence-electron chi connectivity index (χ1n) is 6.75. The number of nitrogens with zero attached hydrogens (tertiary/aromatic N) is 4. The van der Waals surface area contributed by atoms with E-state index in [-0.39, 0.29) is 11.9 Å². The molecule has 0 N–H and O–H groups in total. The Kier molecular flexibility index (Phi) is 3.52. The third-order valence-electron chi connectivity index (χ3n) is 3.83. The van der Waals surface area contributed by atoms with Gasteiger partial charge in [-0.1, -0.05) is 0 Å². The normalized spacial score (nSPS) is 28.2. The maximum atomic E-state index is 12.5. The number of ether oxygens (including phenoxy) is 1.